The molecule has 0 fully saturated rings. The zero-order valence-corrected chi connectivity index (χ0v) is 13.7. The average molecular weight is 302 g/mol. The summed E-state index contributed by atoms with van der Waals surface area (Å²) in [7, 11) is 0. The smallest absolute Gasteiger partial charge is 0.268 e. The van der Waals surface area contributed by atoms with E-state index in [1.165, 1.54) is 17.7 Å². The topological polar surface area (TPSA) is 34.0 Å². The number of halogens is 1. The van der Waals surface area contributed by atoms with Crippen LogP contribution in [0.5, 0.6) is 0 Å². The number of nitrogens with one attached hydrogen (secondary N) is 1. The van der Waals surface area contributed by atoms with Gasteiger partial charge in [0.2, 0.25) is 0 Å². The summed E-state index contributed by atoms with van der Waals surface area (Å²) in [5, 5.41) is 2.93. The molecule has 0 radical (unpaired) electrons. The summed E-state index contributed by atoms with van der Waals surface area (Å²) >= 11 is 0. The van der Waals surface area contributed by atoms with Crippen molar-refractivity contribution in [2.75, 3.05) is 0 Å². The first-order chi connectivity index (χ1) is 10.5. The van der Waals surface area contributed by atoms with Crippen LogP contribution in [0.15, 0.2) is 24.3 Å². The van der Waals surface area contributed by atoms with Gasteiger partial charge in [-0.05, 0) is 56.0 Å². The van der Waals surface area contributed by atoms with E-state index in [1.807, 2.05) is 13.8 Å². The summed E-state index contributed by atoms with van der Waals surface area (Å²) in [6, 6.07) is 6.18. The number of carbonyl (C=O) groups is 1. The minimum Gasteiger partial charge on any atom is -0.347 e. The monoisotopic (exact) mass is 302 g/mol. The highest BCUT2D eigenvalue weighted by atomic mass is 19.1. The third-order valence-electron chi connectivity index (χ3n) is 4.17. The molecule has 0 atom stereocenters. The van der Waals surface area contributed by atoms with Gasteiger partial charge >= 0.3 is 0 Å². The molecule has 1 amide bonds. The molecule has 1 heterocycles. The van der Waals surface area contributed by atoms with E-state index in [0.29, 0.717) is 6.54 Å². The number of amides is 1. The zero-order valence-electron chi connectivity index (χ0n) is 13.7. The quantitative estimate of drug-likeness (QED) is 0.896. The molecule has 0 saturated heterocycles. The first-order valence-corrected chi connectivity index (χ1v) is 7.70. The molecule has 2 aromatic rings. The Bertz CT molecular complexity index is 671. The van der Waals surface area contributed by atoms with Crippen molar-refractivity contribution in [2.24, 2.45) is 0 Å². The third-order valence-corrected chi connectivity index (χ3v) is 4.17. The molecule has 22 heavy (non-hydrogen) atoms. The van der Waals surface area contributed by atoms with Crippen LogP contribution >= 0.6 is 0 Å². The van der Waals surface area contributed by atoms with E-state index in [1.54, 1.807) is 12.1 Å². The number of nitrogens with zero attached hydrogens (tertiary/aromatic N) is 1. The molecule has 1 aromatic carbocycles. The van der Waals surface area contributed by atoms with Gasteiger partial charge in [0, 0.05) is 18.8 Å². The van der Waals surface area contributed by atoms with Crippen molar-refractivity contribution in [1.82, 2.24) is 9.88 Å². The molecular formula is C18H23FN2O. The van der Waals surface area contributed by atoms with Gasteiger partial charge in [-0.1, -0.05) is 19.1 Å². The molecule has 0 aliphatic carbocycles. The van der Waals surface area contributed by atoms with Crippen molar-refractivity contribution in [1.29, 1.82) is 0 Å². The summed E-state index contributed by atoms with van der Waals surface area (Å²) in [6.45, 7) is 9.38. The van der Waals surface area contributed by atoms with E-state index < -0.39 is 0 Å². The molecule has 2 rings (SSSR count). The first kappa shape index (κ1) is 16.3. The van der Waals surface area contributed by atoms with Gasteiger partial charge in [0.15, 0.2) is 0 Å². The SMILES string of the molecule is CCc1c(C)c(C(=O)NCc2ccc(F)cc2)n(CC)c1C. The van der Waals surface area contributed by atoms with Gasteiger partial charge in [-0.15, -0.1) is 0 Å². The number of hydrogen-bond acceptors (Lipinski definition) is 1. The second kappa shape index (κ2) is 6.77. The predicted octanol–water partition coefficient (Wildman–Crippen LogP) is 3.76. The van der Waals surface area contributed by atoms with Gasteiger partial charge in [0.1, 0.15) is 11.5 Å². The second-order valence-corrected chi connectivity index (χ2v) is 5.44. The van der Waals surface area contributed by atoms with Crippen LogP contribution in [0.1, 0.15) is 46.7 Å². The normalized spacial score (nSPS) is 10.8. The van der Waals surface area contributed by atoms with E-state index in [2.05, 4.69) is 23.7 Å². The molecule has 0 aliphatic rings. The van der Waals surface area contributed by atoms with E-state index in [0.717, 1.165) is 35.5 Å². The highest BCUT2D eigenvalue weighted by Gasteiger charge is 2.20. The van der Waals surface area contributed by atoms with Crippen LogP contribution in [-0.2, 0) is 19.5 Å². The summed E-state index contributed by atoms with van der Waals surface area (Å²) in [5.41, 5.74) is 5.08. The third kappa shape index (κ3) is 3.06. The largest absolute Gasteiger partial charge is 0.347 e. The van der Waals surface area contributed by atoms with Gasteiger partial charge in [-0.3, -0.25) is 4.79 Å². The van der Waals surface area contributed by atoms with Crippen LogP contribution in [-0.4, -0.2) is 10.5 Å². The maximum atomic E-state index is 12.9. The van der Waals surface area contributed by atoms with E-state index in [9.17, 15) is 9.18 Å². The Kier molecular flexibility index (Phi) is 5.01. The molecule has 0 spiro atoms. The summed E-state index contributed by atoms with van der Waals surface area (Å²) in [4.78, 5) is 12.6. The van der Waals surface area contributed by atoms with Crippen LogP contribution in [0.3, 0.4) is 0 Å². The molecule has 1 N–H and O–H groups in total. The molecule has 0 aliphatic heterocycles. The Labute approximate surface area is 131 Å². The molecule has 4 heteroatoms. The van der Waals surface area contributed by atoms with Crippen molar-refractivity contribution >= 4 is 5.91 Å². The summed E-state index contributed by atoms with van der Waals surface area (Å²) in [5.74, 6) is -0.347. The zero-order chi connectivity index (χ0) is 16.3. The Hall–Kier alpha value is -2.10. The molecular weight excluding hydrogens is 279 g/mol. The molecule has 0 bridgehead atoms. The number of carbonyl (C=O) groups excluding carboxylic acids is 1. The molecule has 0 saturated carbocycles. The summed E-state index contributed by atoms with van der Waals surface area (Å²) < 4.78 is 15.0. The molecule has 3 nitrogen and oxygen atoms in total. The molecule has 0 unspecified atom stereocenters. The van der Waals surface area contributed by atoms with E-state index >= 15 is 0 Å². The number of hydrogen-bond donors (Lipinski definition) is 1. The second-order valence-electron chi connectivity index (χ2n) is 5.44. The molecule has 1 aromatic heterocycles. The lowest BCUT2D eigenvalue weighted by molar-refractivity contribution is 0.0941. The lowest BCUT2D eigenvalue weighted by atomic mass is 10.1. The van der Waals surface area contributed by atoms with Crippen LogP contribution < -0.4 is 5.32 Å². The Balaban J connectivity index is 2.20. The maximum absolute atomic E-state index is 12.9. The van der Waals surface area contributed by atoms with Gasteiger partial charge in [-0.2, -0.15) is 0 Å². The highest BCUT2D eigenvalue weighted by Crippen LogP contribution is 2.22. The fourth-order valence-electron chi connectivity index (χ4n) is 3.02. The minimum atomic E-state index is -0.269. The minimum absolute atomic E-state index is 0.0773. The Morgan fingerprint density at radius 1 is 1.18 bits per heavy atom. The van der Waals surface area contributed by atoms with Crippen molar-refractivity contribution in [2.45, 2.75) is 47.2 Å². The number of aromatic nitrogens is 1. The number of rotatable bonds is 5. The Morgan fingerprint density at radius 2 is 1.82 bits per heavy atom. The summed E-state index contributed by atoms with van der Waals surface area (Å²) in [6.07, 6.45) is 0.920. The van der Waals surface area contributed by atoms with Crippen LogP contribution in [0.4, 0.5) is 4.39 Å². The van der Waals surface area contributed by atoms with Crippen molar-refractivity contribution < 1.29 is 9.18 Å². The van der Waals surface area contributed by atoms with Gasteiger partial charge in [0.05, 0.1) is 0 Å². The Morgan fingerprint density at radius 3 is 2.36 bits per heavy atom. The predicted molar refractivity (Wildman–Crippen MR) is 86.5 cm³/mol. The number of benzene rings is 1. The van der Waals surface area contributed by atoms with Crippen LogP contribution in [0.25, 0.3) is 0 Å². The van der Waals surface area contributed by atoms with Crippen LogP contribution in [0.2, 0.25) is 0 Å². The van der Waals surface area contributed by atoms with Crippen LogP contribution in [0, 0.1) is 19.7 Å². The van der Waals surface area contributed by atoms with E-state index in [4.69, 9.17) is 0 Å². The fraction of sp³-hybridized carbons (Fsp3) is 0.389. The standard InChI is InChI=1S/C18H23FN2O/c1-5-16-12(3)17(21(6-2)13(16)4)18(22)20-11-14-7-9-15(19)10-8-14/h7-10H,5-6,11H2,1-4H3,(H,20,22). The van der Waals surface area contributed by atoms with Crippen molar-refractivity contribution in [3.8, 4) is 0 Å². The first-order valence-electron chi connectivity index (χ1n) is 7.70. The lowest BCUT2D eigenvalue weighted by Crippen LogP contribution is -2.26. The van der Waals surface area contributed by atoms with E-state index in [-0.39, 0.29) is 11.7 Å². The molecule has 118 valence electrons. The fourth-order valence-corrected chi connectivity index (χ4v) is 3.02. The lowest BCUT2D eigenvalue weighted by Gasteiger charge is -2.10. The van der Waals surface area contributed by atoms with Gasteiger partial charge in [-0.25, -0.2) is 4.39 Å². The maximum Gasteiger partial charge on any atom is 0.268 e. The average Bonchev–Trinajstić information content (AvgIpc) is 2.76. The van der Waals surface area contributed by atoms with Gasteiger partial charge < -0.3 is 9.88 Å². The highest BCUT2D eigenvalue weighted by molar-refractivity contribution is 5.94. The van der Waals surface area contributed by atoms with Gasteiger partial charge in [0.25, 0.3) is 5.91 Å². The van der Waals surface area contributed by atoms with Crippen molar-refractivity contribution in [3.05, 3.63) is 58.2 Å². The van der Waals surface area contributed by atoms with Crippen molar-refractivity contribution in [3.63, 3.8) is 0 Å².